The van der Waals surface area contributed by atoms with E-state index in [0.29, 0.717) is 5.69 Å². The van der Waals surface area contributed by atoms with E-state index >= 15 is 0 Å². The number of anilines is 1. The zero-order valence-electron chi connectivity index (χ0n) is 14.1. The third kappa shape index (κ3) is 4.73. The fourth-order valence-corrected chi connectivity index (χ4v) is 3.19. The number of hydrogen-bond donors (Lipinski definition) is 1. The van der Waals surface area contributed by atoms with Gasteiger partial charge in [0, 0.05) is 6.04 Å². The summed E-state index contributed by atoms with van der Waals surface area (Å²) in [6.07, 6.45) is 1.11. The van der Waals surface area contributed by atoms with Gasteiger partial charge in [0.05, 0.1) is 11.9 Å². The smallest absolute Gasteiger partial charge is 0.243 e. The molecule has 124 valence electrons. The lowest BCUT2D eigenvalue weighted by atomic mass is 10.1. The minimum Gasteiger partial charge on any atom is -0.352 e. The van der Waals surface area contributed by atoms with Crippen LogP contribution in [0.4, 0.5) is 5.69 Å². The van der Waals surface area contributed by atoms with Gasteiger partial charge in [0.15, 0.2) is 0 Å². The topological polar surface area (TPSA) is 66.5 Å². The first kappa shape index (κ1) is 18.5. The first-order valence-corrected chi connectivity index (χ1v) is 9.25. The van der Waals surface area contributed by atoms with Crippen LogP contribution in [-0.2, 0) is 14.8 Å². The number of carbonyl (C=O) groups excluding carboxylic acids is 1. The highest BCUT2D eigenvalue weighted by atomic mass is 32.2. The molecule has 0 bridgehead atoms. The third-order valence-corrected chi connectivity index (χ3v) is 4.99. The minimum absolute atomic E-state index is 0.0191. The maximum atomic E-state index is 12.4. The number of hydrogen-bond acceptors (Lipinski definition) is 3. The number of nitrogens with zero attached hydrogens (tertiary/aromatic N) is 1. The molecular weight excluding hydrogens is 300 g/mol. The van der Waals surface area contributed by atoms with Gasteiger partial charge in [-0.1, -0.05) is 31.5 Å². The van der Waals surface area contributed by atoms with E-state index in [2.05, 4.69) is 5.32 Å². The van der Waals surface area contributed by atoms with Crippen molar-refractivity contribution in [1.82, 2.24) is 5.32 Å². The number of aryl methyl sites for hydroxylation is 1. The van der Waals surface area contributed by atoms with Crippen molar-refractivity contribution < 1.29 is 13.2 Å². The summed E-state index contributed by atoms with van der Waals surface area (Å²) in [5.41, 5.74) is 1.52. The highest BCUT2D eigenvalue weighted by molar-refractivity contribution is 7.92. The molecule has 1 aromatic carbocycles. The van der Waals surface area contributed by atoms with Crippen LogP contribution in [0.15, 0.2) is 24.3 Å². The largest absolute Gasteiger partial charge is 0.352 e. The van der Waals surface area contributed by atoms with Gasteiger partial charge >= 0.3 is 0 Å². The SMILES string of the molecule is Cc1ccc(N([C@H](C)C(=O)N[C@H](C)C(C)C)S(C)(=O)=O)cc1. The molecule has 1 amide bonds. The van der Waals surface area contributed by atoms with Gasteiger partial charge in [-0.2, -0.15) is 0 Å². The fourth-order valence-electron chi connectivity index (χ4n) is 2.01. The Morgan fingerprint density at radius 1 is 1.09 bits per heavy atom. The number of nitrogens with one attached hydrogen (secondary N) is 1. The molecule has 0 radical (unpaired) electrons. The summed E-state index contributed by atoms with van der Waals surface area (Å²) < 4.78 is 25.4. The number of sulfonamides is 1. The molecular formula is C16H26N2O3S. The fraction of sp³-hybridized carbons (Fsp3) is 0.562. The molecule has 0 fully saturated rings. The number of amides is 1. The summed E-state index contributed by atoms with van der Waals surface area (Å²) >= 11 is 0. The maximum absolute atomic E-state index is 12.4. The number of rotatable bonds is 6. The Bertz CT molecular complexity index is 609. The van der Waals surface area contributed by atoms with Crippen LogP contribution in [0.1, 0.15) is 33.3 Å². The van der Waals surface area contributed by atoms with Crippen molar-refractivity contribution in [3.05, 3.63) is 29.8 Å². The highest BCUT2D eigenvalue weighted by Gasteiger charge is 2.29. The van der Waals surface area contributed by atoms with Crippen LogP contribution in [-0.4, -0.2) is 32.7 Å². The van der Waals surface area contributed by atoms with E-state index in [1.54, 1.807) is 19.1 Å². The van der Waals surface area contributed by atoms with Crippen LogP contribution in [0, 0.1) is 12.8 Å². The molecule has 6 heteroatoms. The van der Waals surface area contributed by atoms with Crippen molar-refractivity contribution in [3.63, 3.8) is 0 Å². The summed E-state index contributed by atoms with van der Waals surface area (Å²) in [5.74, 6) is -0.0191. The van der Waals surface area contributed by atoms with Gasteiger partial charge in [0.25, 0.3) is 0 Å². The Hall–Kier alpha value is -1.56. The van der Waals surface area contributed by atoms with Crippen molar-refractivity contribution in [2.75, 3.05) is 10.6 Å². The molecule has 0 aliphatic rings. The van der Waals surface area contributed by atoms with E-state index < -0.39 is 16.1 Å². The summed E-state index contributed by atoms with van der Waals surface area (Å²) in [6.45, 7) is 9.44. The Kier molecular flexibility index (Phi) is 6.00. The lowest BCUT2D eigenvalue weighted by molar-refractivity contribution is -0.122. The van der Waals surface area contributed by atoms with Crippen molar-refractivity contribution in [2.24, 2.45) is 5.92 Å². The predicted molar refractivity (Wildman–Crippen MR) is 90.4 cm³/mol. The maximum Gasteiger partial charge on any atom is 0.243 e. The molecule has 5 nitrogen and oxygen atoms in total. The molecule has 1 N–H and O–H groups in total. The molecule has 0 saturated carbocycles. The van der Waals surface area contributed by atoms with Gasteiger partial charge in [-0.15, -0.1) is 0 Å². The second-order valence-corrected chi connectivity index (χ2v) is 7.97. The lowest BCUT2D eigenvalue weighted by Gasteiger charge is -2.30. The molecule has 0 spiro atoms. The normalized spacial score (nSPS) is 14.5. The quantitative estimate of drug-likeness (QED) is 0.872. The molecule has 1 rings (SSSR count). The van der Waals surface area contributed by atoms with Gasteiger partial charge in [-0.3, -0.25) is 9.10 Å². The zero-order chi connectivity index (χ0) is 17.1. The molecule has 0 aliphatic carbocycles. The summed E-state index contributed by atoms with van der Waals surface area (Å²) in [5, 5.41) is 2.87. The van der Waals surface area contributed by atoms with Crippen molar-refractivity contribution in [1.29, 1.82) is 0 Å². The van der Waals surface area contributed by atoms with Gasteiger partial charge in [-0.25, -0.2) is 8.42 Å². The molecule has 0 heterocycles. The van der Waals surface area contributed by atoms with E-state index in [0.717, 1.165) is 16.1 Å². The zero-order valence-corrected chi connectivity index (χ0v) is 14.9. The van der Waals surface area contributed by atoms with Gasteiger partial charge in [0.2, 0.25) is 15.9 Å². The third-order valence-electron chi connectivity index (χ3n) is 3.75. The Morgan fingerprint density at radius 2 is 1.59 bits per heavy atom. The van der Waals surface area contributed by atoms with E-state index in [9.17, 15) is 13.2 Å². The van der Waals surface area contributed by atoms with Gasteiger partial charge in [0.1, 0.15) is 6.04 Å². The van der Waals surface area contributed by atoms with Crippen LogP contribution in [0.3, 0.4) is 0 Å². The highest BCUT2D eigenvalue weighted by Crippen LogP contribution is 2.21. The molecule has 22 heavy (non-hydrogen) atoms. The van der Waals surface area contributed by atoms with E-state index in [1.165, 1.54) is 0 Å². The van der Waals surface area contributed by atoms with Crippen LogP contribution >= 0.6 is 0 Å². The van der Waals surface area contributed by atoms with E-state index in [-0.39, 0.29) is 17.9 Å². The van der Waals surface area contributed by atoms with Crippen molar-refractivity contribution in [3.8, 4) is 0 Å². The van der Waals surface area contributed by atoms with Crippen LogP contribution < -0.4 is 9.62 Å². The van der Waals surface area contributed by atoms with Crippen molar-refractivity contribution in [2.45, 2.75) is 46.7 Å². The van der Waals surface area contributed by atoms with Crippen LogP contribution in [0.5, 0.6) is 0 Å². The molecule has 0 unspecified atom stereocenters. The van der Waals surface area contributed by atoms with Crippen molar-refractivity contribution >= 4 is 21.6 Å². The Labute approximate surface area is 133 Å². The number of benzene rings is 1. The Balaban J connectivity index is 3.08. The molecule has 1 aromatic rings. The van der Waals surface area contributed by atoms with Crippen LogP contribution in [0.25, 0.3) is 0 Å². The summed E-state index contributed by atoms with van der Waals surface area (Å²) in [4.78, 5) is 12.4. The molecule has 0 saturated heterocycles. The second kappa shape index (κ2) is 7.13. The monoisotopic (exact) mass is 326 g/mol. The predicted octanol–water partition coefficient (Wildman–Crippen LogP) is 2.31. The van der Waals surface area contributed by atoms with E-state index in [1.807, 2.05) is 39.8 Å². The number of carbonyl (C=O) groups is 1. The van der Waals surface area contributed by atoms with Gasteiger partial charge in [-0.05, 0) is 38.8 Å². The first-order chi connectivity index (χ1) is 10.0. The first-order valence-electron chi connectivity index (χ1n) is 7.40. The second-order valence-electron chi connectivity index (χ2n) is 6.11. The van der Waals surface area contributed by atoms with Crippen LogP contribution in [0.2, 0.25) is 0 Å². The molecule has 0 aliphatic heterocycles. The summed E-state index contributed by atoms with van der Waals surface area (Å²) in [6, 6.07) is 6.26. The average Bonchev–Trinajstić information content (AvgIpc) is 2.39. The molecule has 0 aromatic heterocycles. The Morgan fingerprint density at radius 3 is 2.00 bits per heavy atom. The lowest BCUT2D eigenvalue weighted by Crippen LogP contribution is -2.50. The average molecular weight is 326 g/mol. The van der Waals surface area contributed by atoms with Gasteiger partial charge < -0.3 is 5.32 Å². The standard InChI is InChI=1S/C16H26N2O3S/c1-11(2)13(4)17-16(19)14(5)18(22(6,20)21)15-9-7-12(3)8-10-15/h7-11,13-14H,1-6H3,(H,17,19)/t13-,14-/m1/s1. The summed E-state index contributed by atoms with van der Waals surface area (Å²) in [7, 11) is -3.56. The molecule has 2 atom stereocenters. The minimum atomic E-state index is -3.56. The van der Waals surface area contributed by atoms with E-state index in [4.69, 9.17) is 0 Å².